The third kappa shape index (κ3) is 9.03. The van der Waals surface area contributed by atoms with Crippen molar-refractivity contribution in [3.63, 3.8) is 0 Å². The number of sulfonamides is 1. The van der Waals surface area contributed by atoms with Gasteiger partial charge in [-0.05, 0) is 67.3 Å². The van der Waals surface area contributed by atoms with E-state index in [1.54, 1.807) is 48.5 Å². The van der Waals surface area contributed by atoms with Crippen molar-refractivity contribution >= 4 is 55.1 Å². The van der Waals surface area contributed by atoms with Gasteiger partial charge in [0.05, 0.1) is 10.6 Å². The number of nitrogens with one attached hydrogen (secondary N) is 1. The normalized spacial score (nSPS) is 14.3. The molecule has 4 aromatic carbocycles. The fourth-order valence-corrected chi connectivity index (χ4v) is 7.89. The number of amides is 2. The van der Waals surface area contributed by atoms with E-state index in [2.05, 4.69) is 21.2 Å². The third-order valence-corrected chi connectivity index (χ3v) is 11.2. The van der Waals surface area contributed by atoms with Crippen LogP contribution in [0.2, 0.25) is 5.02 Å². The van der Waals surface area contributed by atoms with Crippen molar-refractivity contribution < 1.29 is 18.0 Å². The Bertz CT molecular complexity index is 1780. The van der Waals surface area contributed by atoms with Gasteiger partial charge in [0.15, 0.2) is 0 Å². The van der Waals surface area contributed by atoms with Crippen molar-refractivity contribution in [1.82, 2.24) is 10.2 Å². The molecule has 246 valence electrons. The Labute approximate surface area is 291 Å². The van der Waals surface area contributed by atoms with Crippen LogP contribution in [0.1, 0.15) is 48.8 Å². The van der Waals surface area contributed by atoms with E-state index < -0.39 is 28.5 Å². The summed E-state index contributed by atoms with van der Waals surface area (Å²) in [6.07, 6.45) is 5.22. The maximum Gasteiger partial charge on any atom is 0.264 e. The molecule has 0 unspecified atom stereocenters. The first-order valence-corrected chi connectivity index (χ1v) is 18.4. The summed E-state index contributed by atoms with van der Waals surface area (Å²) in [4.78, 5) is 30.4. The minimum Gasteiger partial charge on any atom is -0.352 e. The van der Waals surface area contributed by atoms with Crippen molar-refractivity contribution in [2.45, 2.75) is 69.0 Å². The summed E-state index contributed by atoms with van der Waals surface area (Å²) < 4.78 is 30.2. The number of rotatable bonds is 12. The maximum absolute atomic E-state index is 14.7. The molecule has 1 saturated carbocycles. The Kier molecular flexibility index (Phi) is 11.8. The van der Waals surface area contributed by atoms with Crippen LogP contribution >= 0.6 is 27.5 Å². The van der Waals surface area contributed by atoms with Crippen LogP contribution in [0.25, 0.3) is 0 Å². The molecule has 7 nitrogen and oxygen atoms in total. The lowest BCUT2D eigenvalue weighted by Gasteiger charge is -2.35. The molecule has 1 aliphatic rings. The highest BCUT2D eigenvalue weighted by Gasteiger charge is 2.35. The van der Waals surface area contributed by atoms with Gasteiger partial charge in [-0.25, -0.2) is 8.42 Å². The van der Waals surface area contributed by atoms with Gasteiger partial charge in [-0.2, -0.15) is 0 Å². The molecule has 0 aliphatic heterocycles. The Hall–Kier alpha value is -3.66. The van der Waals surface area contributed by atoms with Gasteiger partial charge in [-0.15, -0.1) is 0 Å². The van der Waals surface area contributed by atoms with E-state index in [-0.39, 0.29) is 29.8 Å². The largest absolute Gasteiger partial charge is 0.352 e. The van der Waals surface area contributed by atoms with Crippen molar-refractivity contribution in [1.29, 1.82) is 0 Å². The van der Waals surface area contributed by atoms with Gasteiger partial charge >= 0.3 is 0 Å². The number of halogens is 2. The van der Waals surface area contributed by atoms with E-state index in [4.69, 9.17) is 11.6 Å². The number of carbonyl (C=O) groups is 2. The van der Waals surface area contributed by atoms with Crippen LogP contribution in [0.5, 0.6) is 0 Å². The van der Waals surface area contributed by atoms with Crippen LogP contribution in [0.3, 0.4) is 0 Å². The molecule has 47 heavy (non-hydrogen) atoms. The van der Waals surface area contributed by atoms with Gasteiger partial charge in [0.1, 0.15) is 12.6 Å². The van der Waals surface area contributed by atoms with Crippen LogP contribution < -0.4 is 9.62 Å². The van der Waals surface area contributed by atoms with Crippen LogP contribution in [-0.2, 0) is 32.6 Å². The highest BCUT2D eigenvalue weighted by atomic mass is 79.9. The number of benzene rings is 4. The SMILES string of the molecule is Cc1ccc(S(=O)(=O)N(CC(=O)N(Cc2ccccc2Cl)[C@H](Cc2ccccc2)C(=O)NC2CCCCC2)c2cccc(Br)c2)cc1. The summed E-state index contributed by atoms with van der Waals surface area (Å²) in [5, 5.41) is 3.68. The van der Waals surface area contributed by atoms with Crippen molar-refractivity contribution in [2.24, 2.45) is 0 Å². The van der Waals surface area contributed by atoms with Crippen LogP contribution in [0.15, 0.2) is 112 Å². The number of carbonyl (C=O) groups excluding carboxylic acids is 2. The van der Waals surface area contributed by atoms with Crippen LogP contribution in [-0.4, -0.2) is 43.8 Å². The zero-order valence-electron chi connectivity index (χ0n) is 26.3. The number of nitrogens with zero attached hydrogens (tertiary/aromatic N) is 2. The molecule has 10 heteroatoms. The summed E-state index contributed by atoms with van der Waals surface area (Å²) in [6.45, 7) is 1.37. The van der Waals surface area contributed by atoms with E-state index >= 15 is 0 Å². The van der Waals surface area contributed by atoms with Gasteiger partial charge in [-0.3, -0.25) is 13.9 Å². The third-order valence-electron chi connectivity index (χ3n) is 8.51. The fraction of sp³-hybridized carbons (Fsp3) is 0.297. The second kappa shape index (κ2) is 16.0. The van der Waals surface area contributed by atoms with E-state index in [1.807, 2.05) is 49.4 Å². The van der Waals surface area contributed by atoms with Crippen molar-refractivity contribution in [3.8, 4) is 0 Å². The molecule has 5 rings (SSSR count). The Balaban J connectivity index is 1.57. The topological polar surface area (TPSA) is 86.8 Å². The number of hydrogen-bond acceptors (Lipinski definition) is 4. The number of aryl methyl sites for hydroxylation is 1. The van der Waals surface area contributed by atoms with E-state index in [0.29, 0.717) is 20.7 Å². The second-order valence-electron chi connectivity index (χ2n) is 12.0. The lowest BCUT2D eigenvalue weighted by molar-refractivity contribution is -0.140. The lowest BCUT2D eigenvalue weighted by Crippen LogP contribution is -2.55. The summed E-state index contributed by atoms with van der Waals surface area (Å²) in [5.74, 6) is -0.795. The van der Waals surface area contributed by atoms with E-state index in [0.717, 1.165) is 47.5 Å². The molecule has 1 aliphatic carbocycles. The summed E-state index contributed by atoms with van der Waals surface area (Å²) in [5.41, 5.74) is 2.76. The average Bonchev–Trinajstić information content (AvgIpc) is 3.07. The quantitative estimate of drug-likeness (QED) is 0.162. The Morgan fingerprint density at radius 1 is 0.894 bits per heavy atom. The number of hydrogen-bond donors (Lipinski definition) is 1. The molecule has 1 N–H and O–H groups in total. The Morgan fingerprint density at radius 3 is 2.26 bits per heavy atom. The van der Waals surface area contributed by atoms with Gasteiger partial charge in [0.2, 0.25) is 11.8 Å². The van der Waals surface area contributed by atoms with Gasteiger partial charge in [-0.1, -0.05) is 119 Å². The molecule has 0 aromatic heterocycles. The van der Waals surface area contributed by atoms with Crippen molar-refractivity contribution in [3.05, 3.63) is 129 Å². The standard InChI is InChI=1S/C37H39BrClN3O4S/c1-27-19-21-33(22-20-27)47(45,46)42(32-17-10-14-30(38)24-32)26-36(43)41(25-29-13-8-9-18-34(29)39)35(23-28-11-4-2-5-12-28)37(44)40-31-15-6-3-7-16-31/h2,4-5,8-14,17-22,24,31,35H,3,6-7,15-16,23,25-26H2,1H3,(H,40,44)/t35-/m1/s1. The highest BCUT2D eigenvalue weighted by Crippen LogP contribution is 2.28. The van der Waals surface area contributed by atoms with Crippen molar-refractivity contribution in [2.75, 3.05) is 10.8 Å². The van der Waals surface area contributed by atoms with E-state index in [1.165, 1.54) is 17.0 Å². The minimum atomic E-state index is -4.19. The first-order chi connectivity index (χ1) is 22.6. The summed E-state index contributed by atoms with van der Waals surface area (Å²) in [6, 6.07) is 29.2. The maximum atomic E-state index is 14.7. The smallest absolute Gasteiger partial charge is 0.264 e. The first-order valence-electron chi connectivity index (χ1n) is 15.8. The van der Waals surface area contributed by atoms with Gasteiger partial charge in [0.25, 0.3) is 10.0 Å². The first kappa shape index (κ1) is 34.7. The second-order valence-corrected chi connectivity index (χ2v) is 15.2. The molecule has 0 radical (unpaired) electrons. The predicted octanol–water partition coefficient (Wildman–Crippen LogP) is 7.70. The molecule has 0 heterocycles. The molecule has 4 aromatic rings. The van der Waals surface area contributed by atoms with Crippen LogP contribution in [0.4, 0.5) is 5.69 Å². The lowest BCUT2D eigenvalue weighted by atomic mass is 9.94. The summed E-state index contributed by atoms with van der Waals surface area (Å²) in [7, 11) is -4.19. The zero-order valence-corrected chi connectivity index (χ0v) is 29.5. The molecule has 1 atom stereocenters. The molecule has 0 spiro atoms. The molecule has 0 bridgehead atoms. The number of anilines is 1. The molecular formula is C37H39BrClN3O4S. The van der Waals surface area contributed by atoms with E-state index in [9.17, 15) is 18.0 Å². The highest BCUT2D eigenvalue weighted by molar-refractivity contribution is 9.10. The molecular weight excluding hydrogens is 698 g/mol. The fourth-order valence-electron chi connectivity index (χ4n) is 5.91. The molecule has 2 amide bonds. The zero-order chi connectivity index (χ0) is 33.4. The molecule has 0 saturated heterocycles. The predicted molar refractivity (Wildman–Crippen MR) is 191 cm³/mol. The van der Waals surface area contributed by atoms with Crippen LogP contribution in [0, 0.1) is 6.92 Å². The average molecular weight is 737 g/mol. The monoisotopic (exact) mass is 735 g/mol. The minimum absolute atomic E-state index is 0.0188. The summed E-state index contributed by atoms with van der Waals surface area (Å²) >= 11 is 10.1. The van der Waals surface area contributed by atoms with Gasteiger partial charge < -0.3 is 10.2 Å². The van der Waals surface area contributed by atoms with Gasteiger partial charge in [0, 0.05) is 28.5 Å². The Morgan fingerprint density at radius 2 is 1.57 bits per heavy atom. The molecule has 1 fully saturated rings.